The molecule has 0 unspecified atom stereocenters. The van der Waals surface area contributed by atoms with E-state index in [1.165, 1.54) is 49.8 Å². The Hall–Kier alpha value is -6.78. The number of hydrogen-bond donors (Lipinski definition) is 0. The Bertz CT molecular complexity index is 2620. The first-order valence-corrected chi connectivity index (χ1v) is 17.8. The van der Waals surface area contributed by atoms with Crippen LogP contribution in [0.4, 0.5) is 17.1 Å². The van der Waals surface area contributed by atoms with Gasteiger partial charge in [-0.3, -0.25) is 4.90 Å². The number of ether oxygens (including phenoxy) is 2. The highest BCUT2D eigenvalue weighted by Crippen LogP contribution is 2.60. The molecule has 0 aromatic heterocycles. The second-order valence-corrected chi connectivity index (χ2v) is 13.6. The Morgan fingerprint density at radius 2 is 0.769 bits per heavy atom. The molecule has 0 aliphatic carbocycles. The fourth-order valence-corrected chi connectivity index (χ4v) is 8.47. The van der Waals surface area contributed by atoms with Crippen LogP contribution in [0.2, 0.25) is 0 Å². The predicted octanol–water partition coefficient (Wildman–Crippen LogP) is 10.9. The first kappa shape index (κ1) is 29.0. The number of nitrogens with zero attached hydrogens (tertiary/aromatic N) is 1. The summed E-state index contributed by atoms with van der Waals surface area (Å²) in [6, 6.07) is 65.1. The minimum atomic E-state index is -0.155. The SMILES string of the molecule is c1ccc(-c2cc3c4c(c2)B(c2c(-c5ccccc5)cc(-c5ccccc5)cc2-c2ccccc2)c2cccc5c2N4c2c(cccc2O3)O5)cc1. The van der Waals surface area contributed by atoms with Gasteiger partial charge < -0.3 is 9.47 Å². The van der Waals surface area contributed by atoms with Crippen molar-refractivity contribution in [2.45, 2.75) is 0 Å². The largest absolute Gasteiger partial charge is 0.453 e. The van der Waals surface area contributed by atoms with E-state index in [4.69, 9.17) is 9.47 Å². The molecule has 11 rings (SSSR count). The van der Waals surface area contributed by atoms with Crippen LogP contribution in [0, 0.1) is 0 Å². The van der Waals surface area contributed by atoms with Gasteiger partial charge in [-0.1, -0.05) is 151 Å². The zero-order chi connectivity index (χ0) is 34.2. The van der Waals surface area contributed by atoms with Crippen LogP contribution in [0.5, 0.6) is 23.0 Å². The van der Waals surface area contributed by atoms with Crippen LogP contribution in [-0.2, 0) is 0 Å². The van der Waals surface area contributed by atoms with Gasteiger partial charge >= 0.3 is 0 Å². The number of benzene rings is 8. The normalized spacial score (nSPS) is 12.8. The summed E-state index contributed by atoms with van der Waals surface area (Å²) in [5.74, 6) is 3.28. The maximum atomic E-state index is 6.88. The molecule has 0 fully saturated rings. The molecule has 0 bridgehead atoms. The molecule has 0 radical (unpaired) electrons. The van der Waals surface area contributed by atoms with E-state index in [1.807, 2.05) is 18.2 Å². The third-order valence-corrected chi connectivity index (χ3v) is 10.7. The van der Waals surface area contributed by atoms with E-state index in [9.17, 15) is 0 Å². The highest BCUT2D eigenvalue weighted by atomic mass is 16.5. The van der Waals surface area contributed by atoms with Gasteiger partial charge in [-0.15, -0.1) is 0 Å². The molecule has 8 aromatic rings. The maximum absolute atomic E-state index is 6.88. The van der Waals surface area contributed by atoms with Gasteiger partial charge in [-0.2, -0.15) is 0 Å². The van der Waals surface area contributed by atoms with Crippen molar-refractivity contribution in [2.24, 2.45) is 0 Å². The average molecular weight is 664 g/mol. The predicted molar refractivity (Wildman–Crippen MR) is 214 cm³/mol. The molecule has 8 aromatic carbocycles. The smallest absolute Gasteiger partial charge is 0.248 e. The molecule has 0 N–H and O–H groups in total. The molecule has 4 heteroatoms. The number of anilines is 3. The van der Waals surface area contributed by atoms with Crippen LogP contribution < -0.4 is 30.8 Å². The Labute approximate surface area is 303 Å². The summed E-state index contributed by atoms with van der Waals surface area (Å²) in [6.45, 7) is -0.155. The average Bonchev–Trinajstić information content (AvgIpc) is 3.22. The van der Waals surface area contributed by atoms with Crippen LogP contribution in [0.15, 0.2) is 182 Å². The summed E-state index contributed by atoms with van der Waals surface area (Å²) in [5.41, 5.74) is 16.1. The van der Waals surface area contributed by atoms with Gasteiger partial charge in [0.15, 0.2) is 23.0 Å². The first-order valence-electron chi connectivity index (χ1n) is 17.8. The summed E-state index contributed by atoms with van der Waals surface area (Å²) in [6.07, 6.45) is 0. The van der Waals surface area contributed by atoms with Crippen LogP contribution in [-0.4, -0.2) is 6.71 Å². The Morgan fingerprint density at radius 1 is 0.327 bits per heavy atom. The van der Waals surface area contributed by atoms with E-state index in [1.54, 1.807) is 0 Å². The van der Waals surface area contributed by atoms with Crippen molar-refractivity contribution < 1.29 is 9.47 Å². The second kappa shape index (κ2) is 11.4. The van der Waals surface area contributed by atoms with E-state index in [-0.39, 0.29) is 6.71 Å². The summed E-state index contributed by atoms with van der Waals surface area (Å²) in [5, 5.41) is 0. The van der Waals surface area contributed by atoms with Crippen LogP contribution in [0.1, 0.15) is 0 Å². The molecule has 0 saturated carbocycles. The van der Waals surface area contributed by atoms with Crippen molar-refractivity contribution >= 4 is 40.2 Å². The third-order valence-electron chi connectivity index (χ3n) is 10.7. The fourth-order valence-electron chi connectivity index (χ4n) is 8.47. The Kier molecular flexibility index (Phi) is 6.35. The lowest BCUT2D eigenvalue weighted by Crippen LogP contribution is -2.59. The summed E-state index contributed by atoms with van der Waals surface area (Å²) in [4.78, 5) is 2.40. The lowest BCUT2D eigenvalue weighted by molar-refractivity contribution is 0.446. The third kappa shape index (κ3) is 4.34. The Morgan fingerprint density at radius 3 is 1.33 bits per heavy atom. The fraction of sp³-hybridized carbons (Fsp3) is 0. The molecular weight excluding hydrogens is 633 g/mol. The summed E-state index contributed by atoms with van der Waals surface area (Å²) in [7, 11) is 0. The lowest BCUT2D eigenvalue weighted by atomic mass is 9.33. The summed E-state index contributed by atoms with van der Waals surface area (Å²) < 4.78 is 13.6. The molecular formula is C48H30BNO2. The molecule has 3 aliphatic heterocycles. The van der Waals surface area contributed by atoms with Crippen LogP contribution >= 0.6 is 0 Å². The van der Waals surface area contributed by atoms with Gasteiger partial charge in [-0.25, -0.2) is 0 Å². The minimum absolute atomic E-state index is 0.155. The topological polar surface area (TPSA) is 21.7 Å². The molecule has 3 aliphatic rings. The number of rotatable bonds is 5. The number of para-hydroxylation sites is 2. The first-order chi connectivity index (χ1) is 25.8. The monoisotopic (exact) mass is 663 g/mol. The molecule has 52 heavy (non-hydrogen) atoms. The highest BCUT2D eigenvalue weighted by molar-refractivity contribution is 6.99. The quantitative estimate of drug-likeness (QED) is 0.171. The van der Waals surface area contributed by atoms with Crippen molar-refractivity contribution in [1.82, 2.24) is 0 Å². The molecule has 0 amide bonds. The zero-order valence-corrected chi connectivity index (χ0v) is 28.2. The molecule has 0 spiro atoms. The van der Waals surface area contributed by atoms with E-state index in [0.29, 0.717) is 0 Å². The van der Waals surface area contributed by atoms with Crippen molar-refractivity contribution in [3.05, 3.63) is 182 Å². The van der Waals surface area contributed by atoms with Crippen molar-refractivity contribution in [2.75, 3.05) is 4.90 Å². The molecule has 3 heterocycles. The van der Waals surface area contributed by atoms with Crippen molar-refractivity contribution in [3.63, 3.8) is 0 Å². The molecule has 3 nitrogen and oxygen atoms in total. The molecule has 242 valence electrons. The standard InChI is InChI=1S/C48H30BNO2/c1-5-15-31(16-6-1)35-27-37(33-19-9-3-10-20-33)45(38(28-35)34-21-11-4-12-22-34)49-39-23-13-24-41-46(39)50-47-40(49)29-36(32-17-7-2-8-18-32)30-44(47)52-43-26-14-25-42(51-41)48(43)50/h1-30H. The van der Waals surface area contributed by atoms with E-state index < -0.39 is 0 Å². The van der Waals surface area contributed by atoms with Gasteiger partial charge in [-0.05, 0) is 91.8 Å². The lowest BCUT2D eigenvalue weighted by Gasteiger charge is -2.45. The van der Waals surface area contributed by atoms with Crippen molar-refractivity contribution in [1.29, 1.82) is 0 Å². The van der Waals surface area contributed by atoms with Crippen molar-refractivity contribution in [3.8, 4) is 67.5 Å². The maximum Gasteiger partial charge on any atom is 0.248 e. The van der Waals surface area contributed by atoms with Gasteiger partial charge in [0.05, 0.1) is 11.4 Å². The van der Waals surface area contributed by atoms with E-state index in [0.717, 1.165) is 51.2 Å². The van der Waals surface area contributed by atoms with E-state index >= 15 is 0 Å². The van der Waals surface area contributed by atoms with E-state index in [2.05, 4.69) is 169 Å². The number of hydrogen-bond acceptors (Lipinski definition) is 3. The highest BCUT2D eigenvalue weighted by Gasteiger charge is 2.46. The molecule has 0 saturated heterocycles. The van der Waals surface area contributed by atoms with Gasteiger partial charge in [0.25, 0.3) is 0 Å². The second-order valence-electron chi connectivity index (χ2n) is 13.6. The van der Waals surface area contributed by atoms with Gasteiger partial charge in [0.2, 0.25) is 6.71 Å². The van der Waals surface area contributed by atoms with Gasteiger partial charge in [0.1, 0.15) is 5.69 Å². The minimum Gasteiger partial charge on any atom is -0.453 e. The van der Waals surface area contributed by atoms with Crippen LogP contribution in [0.25, 0.3) is 44.5 Å². The van der Waals surface area contributed by atoms with Crippen LogP contribution in [0.3, 0.4) is 0 Å². The van der Waals surface area contributed by atoms with Gasteiger partial charge in [0, 0.05) is 0 Å². The molecule has 0 atom stereocenters. The summed E-state index contributed by atoms with van der Waals surface area (Å²) >= 11 is 0. The Balaban J connectivity index is 1.29. The zero-order valence-electron chi connectivity index (χ0n) is 28.2.